The topological polar surface area (TPSA) is 200 Å². The van der Waals surface area contributed by atoms with Gasteiger partial charge in [0.15, 0.2) is 5.78 Å². The number of fused-ring (bicyclic) bond motifs is 3. The third-order valence-corrected chi connectivity index (χ3v) is 12.6. The van der Waals surface area contributed by atoms with Gasteiger partial charge in [0.2, 0.25) is 5.79 Å². The maximum Gasteiger partial charge on any atom is 0.329 e. The third kappa shape index (κ3) is 11.2. The molecule has 0 aromatic heterocycles. The van der Waals surface area contributed by atoms with Crippen LogP contribution in [0.15, 0.2) is 36.0 Å². The van der Waals surface area contributed by atoms with E-state index in [1.165, 1.54) is 7.11 Å². The summed E-state index contributed by atoms with van der Waals surface area (Å²) in [5.41, 5.74) is 1.12. The van der Waals surface area contributed by atoms with Gasteiger partial charge in [-0.25, -0.2) is 4.79 Å². The molecular formula is C43H67NO12. The molecule has 3 aliphatic heterocycles. The van der Waals surface area contributed by atoms with Crippen LogP contribution in [0, 0.1) is 35.5 Å². The van der Waals surface area contributed by atoms with Crippen LogP contribution in [0.5, 0.6) is 0 Å². The number of allylic oxidation sites excluding steroid dienone is 4. The van der Waals surface area contributed by atoms with Crippen molar-refractivity contribution in [1.82, 2.24) is 4.90 Å². The Labute approximate surface area is 332 Å². The number of cyclic esters (lactones) is 1. The Morgan fingerprint density at radius 3 is 2.36 bits per heavy atom. The van der Waals surface area contributed by atoms with Crippen LogP contribution in [0.2, 0.25) is 0 Å². The van der Waals surface area contributed by atoms with Crippen molar-refractivity contribution >= 4 is 23.4 Å². The molecule has 13 nitrogen and oxygen atoms in total. The van der Waals surface area contributed by atoms with E-state index >= 15 is 0 Å². The lowest BCUT2D eigenvalue weighted by Gasteiger charge is -2.44. The number of carbonyl (C=O) groups is 4. The minimum atomic E-state index is -2.51. The summed E-state index contributed by atoms with van der Waals surface area (Å²) < 4.78 is 18.2. The van der Waals surface area contributed by atoms with Crippen molar-refractivity contribution < 1.29 is 58.9 Å². The van der Waals surface area contributed by atoms with Gasteiger partial charge in [-0.15, -0.1) is 6.58 Å². The number of ether oxygens (including phenoxy) is 3. The van der Waals surface area contributed by atoms with Gasteiger partial charge in [0.25, 0.3) is 11.7 Å². The van der Waals surface area contributed by atoms with Gasteiger partial charge in [-0.2, -0.15) is 0 Å². The minimum absolute atomic E-state index is 0.00850. The summed E-state index contributed by atoms with van der Waals surface area (Å²) in [5, 5.41) is 53.9. The number of hydrogen-bond acceptors (Lipinski definition) is 12. The molecular weight excluding hydrogens is 722 g/mol. The summed E-state index contributed by atoms with van der Waals surface area (Å²) in [6.07, 6.45) is 5.08. The average molecular weight is 790 g/mol. The molecule has 2 bridgehead atoms. The lowest BCUT2D eigenvalue weighted by Crippen LogP contribution is -2.60. The maximum absolute atomic E-state index is 14.2. The summed E-state index contributed by atoms with van der Waals surface area (Å²) in [6.45, 7) is 11.0. The molecule has 0 radical (unpaired) electrons. The van der Waals surface area contributed by atoms with E-state index in [4.69, 9.17) is 14.2 Å². The van der Waals surface area contributed by atoms with E-state index in [0.29, 0.717) is 62.5 Å². The maximum atomic E-state index is 14.2. The van der Waals surface area contributed by atoms with Crippen LogP contribution in [0.1, 0.15) is 105 Å². The largest absolute Gasteiger partial charge is 0.456 e. The first-order valence-electron chi connectivity index (χ1n) is 20.7. The SMILES string of the molecule is C=CC/C1=C\C(C)C[C@H](C)C[C@H](OC)[C@H]2O[C@](O)(CC[C@@H]2CO)C(=O)C(=O)N2CCCCC2C(=O)O[C@H](C(C)=C[C@@H]2CC[C@@H](O)[C@H](CO)C2)[C@H](C)[C@@H](O)CC1=O. The van der Waals surface area contributed by atoms with Gasteiger partial charge in [-0.05, 0) is 100 Å². The summed E-state index contributed by atoms with van der Waals surface area (Å²) in [6, 6.07) is -1.16. The lowest BCUT2D eigenvalue weighted by molar-refractivity contribution is -0.274. The highest BCUT2D eigenvalue weighted by atomic mass is 16.6. The van der Waals surface area contributed by atoms with Crippen LogP contribution in [0.4, 0.5) is 0 Å². The zero-order valence-corrected chi connectivity index (χ0v) is 34.0. The number of ketones is 2. The predicted octanol–water partition coefficient (Wildman–Crippen LogP) is 3.58. The average Bonchev–Trinajstić information content (AvgIpc) is 3.18. The molecule has 13 atom stereocenters. The Hall–Kier alpha value is -2.78. The van der Waals surface area contributed by atoms with Crippen LogP contribution >= 0.6 is 0 Å². The highest BCUT2D eigenvalue weighted by molar-refractivity contribution is 6.39. The molecule has 2 unspecified atom stereocenters. The third-order valence-electron chi connectivity index (χ3n) is 12.6. The number of carbonyl (C=O) groups excluding carboxylic acids is 4. The fourth-order valence-corrected chi connectivity index (χ4v) is 9.34. The van der Waals surface area contributed by atoms with Crippen molar-refractivity contribution in [2.45, 2.75) is 147 Å². The van der Waals surface area contributed by atoms with Crippen molar-refractivity contribution in [2.24, 2.45) is 35.5 Å². The molecule has 3 fully saturated rings. The van der Waals surface area contributed by atoms with Gasteiger partial charge >= 0.3 is 5.97 Å². The number of rotatable bonds is 7. The van der Waals surface area contributed by atoms with Gasteiger partial charge in [-0.3, -0.25) is 14.4 Å². The quantitative estimate of drug-likeness (QED) is 0.143. The van der Waals surface area contributed by atoms with E-state index in [1.807, 2.05) is 26.0 Å². The predicted molar refractivity (Wildman–Crippen MR) is 208 cm³/mol. The summed E-state index contributed by atoms with van der Waals surface area (Å²) >= 11 is 0. The number of hydrogen-bond donors (Lipinski definition) is 5. The van der Waals surface area contributed by atoms with Crippen LogP contribution in [0.3, 0.4) is 0 Å². The Bertz CT molecular complexity index is 1450. The fraction of sp³-hybridized carbons (Fsp3) is 0.767. The summed E-state index contributed by atoms with van der Waals surface area (Å²) in [7, 11) is 1.49. The van der Waals surface area contributed by atoms with E-state index in [-0.39, 0.29) is 74.9 Å². The molecule has 3 heterocycles. The molecule has 1 amide bonds. The highest BCUT2D eigenvalue weighted by Crippen LogP contribution is 2.38. The van der Waals surface area contributed by atoms with Gasteiger partial charge in [0, 0.05) is 57.5 Å². The van der Waals surface area contributed by atoms with Gasteiger partial charge in [0.05, 0.1) is 24.4 Å². The van der Waals surface area contributed by atoms with Crippen LogP contribution in [0.25, 0.3) is 0 Å². The zero-order valence-electron chi connectivity index (χ0n) is 34.0. The molecule has 0 aromatic carbocycles. The van der Waals surface area contributed by atoms with E-state index in [0.717, 1.165) is 4.90 Å². The summed E-state index contributed by atoms with van der Waals surface area (Å²) in [4.78, 5) is 57.2. The highest BCUT2D eigenvalue weighted by Gasteiger charge is 2.52. The normalized spacial score (nSPS) is 40.1. The standard InChI is InChI=1S/C43H67NO12/c1-7-10-30-18-25(2)17-26(3)19-37(54-6)39-31(23-45)14-15-43(53,56-39)40(50)41(51)44-16-9-8-11-33(44)42(52)55-38(28(5)35(48)22-36(30)49)27(4)20-29-12-13-34(47)32(21-29)24-46/h7,18,20,25-26,28-29,31-35,37-39,45-48,53H,1,8-17,19,21-24H2,2-6H3/b27-20?,30-18+/t25?,26-,28+,29-,31+,32-,33?,34+,35-,37-,38+,39-,43+/m0/s1. The van der Waals surface area contributed by atoms with Crippen molar-refractivity contribution in [2.75, 3.05) is 26.9 Å². The number of methoxy groups -OCH3 is 1. The Balaban J connectivity index is 1.76. The second-order valence-electron chi connectivity index (χ2n) is 17.1. The molecule has 5 N–H and O–H groups in total. The van der Waals surface area contributed by atoms with E-state index < -0.39 is 71.8 Å². The van der Waals surface area contributed by atoms with Crippen molar-refractivity contribution in [3.05, 3.63) is 36.0 Å². The molecule has 4 aliphatic rings. The number of piperidine rings is 1. The van der Waals surface area contributed by atoms with Gasteiger partial charge < -0.3 is 44.6 Å². The van der Waals surface area contributed by atoms with Crippen molar-refractivity contribution in [3.63, 3.8) is 0 Å². The molecule has 0 spiro atoms. The van der Waals surface area contributed by atoms with Crippen LogP contribution < -0.4 is 0 Å². The number of aliphatic hydroxyl groups excluding tert-OH is 4. The zero-order chi connectivity index (χ0) is 41.3. The molecule has 1 aliphatic carbocycles. The molecule has 0 aromatic rings. The minimum Gasteiger partial charge on any atom is -0.456 e. The second kappa shape index (κ2) is 20.8. The number of Topliss-reactive ketones (excluding diaryl/α,β-unsaturated/α-hetero) is 2. The van der Waals surface area contributed by atoms with Gasteiger partial charge in [-0.1, -0.05) is 39.0 Å². The Kier molecular flexibility index (Phi) is 17.0. The number of nitrogens with zero attached hydrogens (tertiary/aromatic N) is 1. The summed E-state index contributed by atoms with van der Waals surface area (Å²) in [5.74, 6) is -7.49. The van der Waals surface area contributed by atoms with Crippen LogP contribution in [-0.4, -0.2) is 123 Å². The first-order chi connectivity index (χ1) is 26.6. The van der Waals surface area contributed by atoms with E-state index in [1.54, 1.807) is 19.9 Å². The number of esters is 1. The molecule has 316 valence electrons. The second-order valence-corrected chi connectivity index (χ2v) is 17.1. The first-order valence-corrected chi connectivity index (χ1v) is 20.7. The van der Waals surface area contributed by atoms with E-state index in [9.17, 15) is 44.7 Å². The Morgan fingerprint density at radius 1 is 0.982 bits per heavy atom. The molecule has 2 saturated heterocycles. The molecule has 56 heavy (non-hydrogen) atoms. The molecule has 13 heteroatoms. The monoisotopic (exact) mass is 789 g/mol. The van der Waals surface area contributed by atoms with Crippen molar-refractivity contribution in [3.8, 4) is 0 Å². The fourth-order valence-electron chi connectivity index (χ4n) is 9.34. The lowest BCUT2D eigenvalue weighted by atomic mass is 9.78. The van der Waals surface area contributed by atoms with E-state index in [2.05, 4.69) is 6.58 Å². The molecule has 4 rings (SSSR count). The Morgan fingerprint density at radius 2 is 1.70 bits per heavy atom. The molecule has 1 saturated carbocycles. The van der Waals surface area contributed by atoms with Crippen molar-refractivity contribution in [1.29, 1.82) is 0 Å². The number of amides is 1. The first kappa shape index (κ1) is 45.9. The smallest absolute Gasteiger partial charge is 0.329 e. The number of aliphatic hydroxyl groups is 5. The van der Waals surface area contributed by atoms with Gasteiger partial charge in [0.1, 0.15) is 12.1 Å². The van der Waals surface area contributed by atoms with Crippen LogP contribution in [-0.2, 0) is 33.4 Å².